The highest BCUT2D eigenvalue weighted by atomic mass is 35.5. The van der Waals surface area contributed by atoms with Crippen LogP contribution in [0.15, 0.2) is 67.0 Å². The monoisotopic (exact) mass is 439 g/mol. The van der Waals surface area contributed by atoms with Crippen LogP contribution in [-0.4, -0.2) is 47.0 Å². The number of amides is 1. The zero-order valence-electron chi connectivity index (χ0n) is 17.2. The highest BCUT2D eigenvalue weighted by Gasteiger charge is 2.22. The van der Waals surface area contributed by atoms with Crippen LogP contribution in [0.4, 0.5) is 5.69 Å². The number of halogens is 1. The number of nitrogens with two attached hydrogens (primary N) is 1. The third-order valence-corrected chi connectivity index (χ3v) is 5.16. The van der Waals surface area contributed by atoms with E-state index in [0.717, 1.165) is 24.3 Å². The van der Waals surface area contributed by atoms with Gasteiger partial charge in [0, 0.05) is 50.0 Å². The number of ether oxygens (including phenoxy) is 1. The quantitative estimate of drug-likeness (QED) is 0.635. The van der Waals surface area contributed by atoms with E-state index in [2.05, 4.69) is 27.0 Å². The van der Waals surface area contributed by atoms with Crippen molar-refractivity contribution in [2.75, 3.05) is 31.1 Å². The molecule has 4 rings (SSSR count). The van der Waals surface area contributed by atoms with Gasteiger partial charge in [0.15, 0.2) is 0 Å². The summed E-state index contributed by atoms with van der Waals surface area (Å²) in [6.07, 6.45) is 1.44. The Balaban J connectivity index is 0.00000272. The lowest BCUT2D eigenvalue weighted by Crippen LogP contribution is -2.48. The predicted molar refractivity (Wildman–Crippen MR) is 123 cm³/mol. The molecule has 0 aliphatic carbocycles. The molecule has 7 nitrogen and oxygen atoms in total. The molecule has 0 atom stereocenters. The van der Waals surface area contributed by atoms with Crippen molar-refractivity contribution in [3.05, 3.63) is 83.8 Å². The normalized spacial score (nSPS) is 13.5. The first-order valence-corrected chi connectivity index (χ1v) is 10.0. The van der Waals surface area contributed by atoms with Crippen molar-refractivity contribution < 1.29 is 9.53 Å². The van der Waals surface area contributed by atoms with Crippen LogP contribution in [0.25, 0.3) is 0 Å². The first-order valence-electron chi connectivity index (χ1n) is 10.0. The Bertz CT molecular complexity index is 994. The smallest absolute Gasteiger partial charge is 0.253 e. The molecule has 1 aliphatic heterocycles. The summed E-state index contributed by atoms with van der Waals surface area (Å²) in [5.41, 5.74) is 9.11. The Hall–Kier alpha value is -3.16. The van der Waals surface area contributed by atoms with Gasteiger partial charge in [-0.3, -0.25) is 4.79 Å². The molecule has 2 N–H and O–H groups in total. The summed E-state index contributed by atoms with van der Waals surface area (Å²) in [4.78, 5) is 25.4. The molecule has 8 heteroatoms. The number of benzene rings is 2. The molecule has 1 aliphatic rings. The molecule has 0 radical (unpaired) electrons. The Labute approximate surface area is 188 Å². The SMILES string of the molecule is Cl.NCc1cc(OCc2cccc(C(=O)N3CCN(c4ccccc4)CC3)c2)ncn1. The third kappa shape index (κ3) is 5.71. The van der Waals surface area contributed by atoms with E-state index in [1.807, 2.05) is 47.4 Å². The van der Waals surface area contributed by atoms with E-state index in [1.54, 1.807) is 6.07 Å². The van der Waals surface area contributed by atoms with E-state index < -0.39 is 0 Å². The fraction of sp³-hybridized carbons (Fsp3) is 0.261. The zero-order valence-corrected chi connectivity index (χ0v) is 18.0. The standard InChI is InChI=1S/C23H25N5O2.ClH/c24-15-20-14-22(26-17-25-20)30-16-18-5-4-6-19(13-18)23(29)28-11-9-27(10-12-28)21-7-2-1-3-8-21;/h1-8,13-14,17H,9-12,15-16,24H2;1H. The molecule has 2 aromatic carbocycles. The molecule has 162 valence electrons. The van der Waals surface area contributed by atoms with E-state index in [9.17, 15) is 4.79 Å². The topological polar surface area (TPSA) is 84.6 Å². The van der Waals surface area contributed by atoms with Crippen LogP contribution in [0.1, 0.15) is 21.6 Å². The maximum atomic E-state index is 13.0. The number of anilines is 1. The van der Waals surface area contributed by atoms with Crippen LogP contribution < -0.4 is 15.4 Å². The molecule has 0 spiro atoms. The lowest BCUT2D eigenvalue weighted by atomic mass is 10.1. The van der Waals surface area contributed by atoms with Crippen molar-refractivity contribution in [2.24, 2.45) is 5.73 Å². The summed E-state index contributed by atoms with van der Waals surface area (Å²) >= 11 is 0. The summed E-state index contributed by atoms with van der Waals surface area (Å²) in [7, 11) is 0. The lowest BCUT2D eigenvalue weighted by Gasteiger charge is -2.36. The van der Waals surface area contributed by atoms with Crippen molar-refractivity contribution in [1.82, 2.24) is 14.9 Å². The van der Waals surface area contributed by atoms with Crippen LogP contribution in [0.5, 0.6) is 5.88 Å². The fourth-order valence-electron chi connectivity index (χ4n) is 3.51. The minimum Gasteiger partial charge on any atom is -0.473 e. The van der Waals surface area contributed by atoms with Gasteiger partial charge in [-0.15, -0.1) is 12.4 Å². The number of para-hydroxylation sites is 1. The zero-order chi connectivity index (χ0) is 20.8. The lowest BCUT2D eigenvalue weighted by molar-refractivity contribution is 0.0746. The van der Waals surface area contributed by atoms with Crippen LogP contribution in [0, 0.1) is 0 Å². The van der Waals surface area contributed by atoms with Crippen molar-refractivity contribution in [1.29, 1.82) is 0 Å². The van der Waals surface area contributed by atoms with Gasteiger partial charge in [-0.25, -0.2) is 9.97 Å². The third-order valence-electron chi connectivity index (χ3n) is 5.16. The van der Waals surface area contributed by atoms with E-state index in [0.29, 0.717) is 37.7 Å². The number of aromatic nitrogens is 2. The molecule has 1 fully saturated rings. The van der Waals surface area contributed by atoms with Gasteiger partial charge in [0.25, 0.3) is 5.91 Å². The van der Waals surface area contributed by atoms with E-state index in [-0.39, 0.29) is 18.3 Å². The van der Waals surface area contributed by atoms with Gasteiger partial charge in [0.2, 0.25) is 5.88 Å². The Morgan fingerprint density at radius 3 is 2.48 bits per heavy atom. The minimum atomic E-state index is 0. The largest absolute Gasteiger partial charge is 0.473 e. The van der Waals surface area contributed by atoms with Crippen LogP contribution in [0.2, 0.25) is 0 Å². The average Bonchev–Trinajstić information content (AvgIpc) is 2.83. The highest BCUT2D eigenvalue weighted by molar-refractivity contribution is 5.94. The van der Waals surface area contributed by atoms with Gasteiger partial charge < -0.3 is 20.3 Å². The molecule has 1 saturated heterocycles. The van der Waals surface area contributed by atoms with Gasteiger partial charge >= 0.3 is 0 Å². The average molecular weight is 440 g/mol. The van der Waals surface area contributed by atoms with Crippen molar-refractivity contribution in [3.8, 4) is 5.88 Å². The molecule has 31 heavy (non-hydrogen) atoms. The highest BCUT2D eigenvalue weighted by Crippen LogP contribution is 2.18. The molecule has 0 saturated carbocycles. The van der Waals surface area contributed by atoms with Crippen molar-refractivity contribution >= 4 is 24.0 Å². The van der Waals surface area contributed by atoms with Gasteiger partial charge in [0.1, 0.15) is 12.9 Å². The number of carbonyl (C=O) groups excluding carboxylic acids is 1. The molecule has 0 unspecified atom stereocenters. The number of nitrogens with zero attached hydrogens (tertiary/aromatic N) is 4. The number of hydrogen-bond acceptors (Lipinski definition) is 6. The van der Waals surface area contributed by atoms with E-state index >= 15 is 0 Å². The number of piperazine rings is 1. The molecular formula is C23H26ClN5O2. The number of hydrogen-bond donors (Lipinski definition) is 1. The molecular weight excluding hydrogens is 414 g/mol. The predicted octanol–water partition coefficient (Wildman–Crippen LogP) is 2.90. The van der Waals surface area contributed by atoms with E-state index in [4.69, 9.17) is 10.5 Å². The summed E-state index contributed by atoms with van der Waals surface area (Å²) in [5, 5.41) is 0. The fourth-order valence-corrected chi connectivity index (χ4v) is 3.51. The van der Waals surface area contributed by atoms with Gasteiger partial charge in [-0.2, -0.15) is 0 Å². The Kier molecular flexibility index (Phi) is 7.81. The maximum Gasteiger partial charge on any atom is 0.253 e. The second kappa shape index (κ2) is 10.7. The summed E-state index contributed by atoms with van der Waals surface area (Å²) in [6.45, 7) is 3.73. The first kappa shape index (κ1) is 22.5. The molecule has 1 aromatic heterocycles. The van der Waals surface area contributed by atoms with Crippen LogP contribution in [0.3, 0.4) is 0 Å². The molecule has 3 aromatic rings. The summed E-state index contributed by atoms with van der Waals surface area (Å²) < 4.78 is 5.74. The van der Waals surface area contributed by atoms with Gasteiger partial charge in [0.05, 0.1) is 5.69 Å². The molecule has 1 amide bonds. The minimum absolute atomic E-state index is 0. The summed E-state index contributed by atoms with van der Waals surface area (Å²) in [6, 6.07) is 19.6. The van der Waals surface area contributed by atoms with Crippen LogP contribution in [-0.2, 0) is 13.2 Å². The van der Waals surface area contributed by atoms with Crippen LogP contribution >= 0.6 is 12.4 Å². The first-order chi connectivity index (χ1) is 14.7. The van der Waals surface area contributed by atoms with E-state index in [1.165, 1.54) is 12.0 Å². The van der Waals surface area contributed by atoms with Crippen molar-refractivity contribution in [2.45, 2.75) is 13.2 Å². The number of carbonyl (C=O) groups is 1. The maximum absolute atomic E-state index is 13.0. The second-order valence-electron chi connectivity index (χ2n) is 7.16. The number of rotatable bonds is 6. The van der Waals surface area contributed by atoms with Crippen molar-refractivity contribution in [3.63, 3.8) is 0 Å². The Morgan fingerprint density at radius 2 is 1.74 bits per heavy atom. The van der Waals surface area contributed by atoms with Gasteiger partial charge in [-0.05, 0) is 29.8 Å². The molecule has 2 heterocycles. The Morgan fingerprint density at radius 1 is 0.968 bits per heavy atom. The summed E-state index contributed by atoms with van der Waals surface area (Å²) in [5.74, 6) is 0.524. The molecule has 0 bridgehead atoms. The van der Waals surface area contributed by atoms with Gasteiger partial charge in [-0.1, -0.05) is 30.3 Å². The second-order valence-corrected chi connectivity index (χ2v) is 7.16.